The number of imidazole rings is 1. The average Bonchev–Trinajstić information content (AvgIpc) is 2.95. The van der Waals surface area contributed by atoms with Crippen molar-refractivity contribution in [2.24, 2.45) is 7.05 Å². The van der Waals surface area contributed by atoms with Gasteiger partial charge in [-0.05, 0) is 49.8 Å². The Balaban J connectivity index is 1.65. The second-order valence-electron chi connectivity index (χ2n) is 7.51. The van der Waals surface area contributed by atoms with Crippen molar-refractivity contribution in [3.05, 3.63) is 46.5 Å². The molecule has 1 aliphatic rings. The molecule has 158 valence electrons. The van der Waals surface area contributed by atoms with Gasteiger partial charge in [0, 0.05) is 26.0 Å². The summed E-state index contributed by atoms with van der Waals surface area (Å²) in [4.78, 5) is 25.2. The van der Waals surface area contributed by atoms with Gasteiger partial charge in [0.25, 0.3) is 0 Å². The molecule has 0 aliphatic carbocycles. The lowest BCUT2D eigenvalue weighted by molar-refractivity contribution is -0.124. The van der Waals surface area contributed by atoms with E-state index in [4.69, 9.17) is 9.47 Å². The van der Waals surface area contributed by atoms with E-state index in [0.717, 1.165) is 42.5 Å². The maximum atomic E-state index is 12.8. The number of hydrogen-bond acceptors (Lipinski definition) is 4. The van der Waals surface area contributed by atoms with Gasteiger partial charge in [-0.1, -0.05) is 19.6 Å². The number of aryl methyl sites for hydroxylation is 2. The minimum absolute atomic E-state index is 0.166. The molecule has 0 bridgehead atoms. The van der Waals surface area contributed by atoms with Gasteiger partial charge in [-0.3, -0.25) is 13.9 Å². The van der Waals surface area contributed by atoms with Gasteiger partial charge >= 0.3 is 5.69 Å². The summed E-state index contributed by atoms with van der Waals surface area (Å²) >= 11 is 0. The van der Waals surface area contributed by atoms with Gasteiger partial charge in [-0.15, -0.1) is 0 Å². The van der Waals surface area contributed by atoms with Crippen LogP contribution in [0.3, 0.4) is 0 Å². The van der Waals surface area contributed by atoms with Crippen LogP contribution in [0.1, 0.15) is 44.2 Å². The summed E-state index contributed by atoms with van der Waals surface area (Å²) in [6.45, 7) is 8.61. The zero-order valence-electron chi connectivity index (χ0n) is 17.4. The zero-order valence-corrected chi connectivity index (χ0v) is 17.4. The van der Waals surface area contributed by atoms with Crippen molar-refractivity contribution in [1.82, 2.24) is 14.5 Å². The molecule has 0 radical (unpaired) electrons. The molecule has 1 aromatic carbocycles. The number of aromatic nitrogens is 2. The van der Waals surface area contributed by atoms with E-state index in [1.807, 2.05) is 18.2 Å². The first-order valence-electron chi connectivity index (χ1n) is 10.4. The lowest BCUT2D eigenvalue weighted by Crippen LogP contribution is -2.40. The van der Waals surface area contributed by atoms with Crippen LogP contribution in [0.25, 0.3) is 11.0 Å². The first kappa shape index (κ1) is 21.3. The lowest BCUT2D eigenvalue weighted by Gasteiger charge is -2.24. The van der Waals surface area contributed by atoms with Gasteiger partial charge in [-0.2, -0.15) is 0 Å². The first-order valence-corrected chi connectivity index (χ1v) is 10.4. The van der Waals surface area contributed by atoms with Crippen LogP contribution in [0, 0.1) is 0 Å². The highest BCUT2D eigenvalue weighted by molar-refractivity contribution is 5.86. The van der Waals surface area contributed by atoms with Gasteiger partial charge in [0.15, 0.2) is 0 Å². The predicted octanol–water partition coefficient (Wildman–Crippen LogP) is 2.68. The van der Waals surface area contributed by atoms with Crippen LogP contribution in [-0.2, 0) is 27.7 Å². The Morgan fingerprint density at radius 1 is 1.14 bits per heavy atom. The summed E-state index contributed by atoms with van der Waals surface area (Å²) < 4.78 is 14.2. The third kappa shape index (κ3) is 4.97. The smallest absolute Gasteiger partial charge is 0.329 e. The summed E-state index contributed by atoms with van der Waals surface area (Å²) in [6.07, 6.45) is 4.06. The molecule has 7 nitrogen and oxygen atoms in total. The molecule has 1 amide bonds. The minimum atomic E-state index is -0.495. The fraction of sp³-hybridized carbons (Fsp3) is 0.545. The summed E-state index contributed by atoms with van der Waals surface area (Å²) in [5.74, 6) is -0.167. The average molecular weight is 402 g/mol. The summed E-state index contributed by atoms with van der Waals surface area (Å²) in [5.41, 5.74) is 3.33. The molecule has 1 aliphatic heterocycles. The summed E-state index contributed by atoms with van der Waals surface area (Å²) in [7, 11) is 1.75. The standard InChI is InChI=1S/C22H31N3O4/c1-4-11-28-13-14-29-12-5-6-17-8-10-18-20(15-17)24(3)22(27)25(18)19-9-7-16(2)23-21(19)26/h8,10,15,19H,2,4-7,9,11-14H2,1,3H3,(H,23,26). The number of hydrogen-bond donors (Lipinski definition) is 1. The van der Waals surface area contributed by atoms with Crippen LogP contribution < -0.4 is 11.0 Å². The van der Waals surface area contributed by atoms with E-state index in [2.05, 4.69) is 18.8 Å². The van der Waals surface area contributed by atoms with Gasteiger partial charge < -0.3 is 14.8 Å². The number of amides is 1. The van der Waals surface area contributed by atoms with Gasteiger partial charge in [0.1, 0.15) is 6.04 Å². The molecule has 1 atom stereocenters. The normalized spacial score (nSPS) is 17.1. The van der Waals surface area contributed by atoms with E-state index in [1.54, 1.807) is 16.2 Å². The number of nitrogens with zero attached hydrogens (tertiary/aromatic N) is 2. The Bertz CT molecular complexity index is 928. The third-order valence-corrected chi connectivity index (χ3v) is 5.26. The number of fused-ring (bicyclic) bond motifs is 1. The van der Waals surface area contributed by atoms with E-state index < -0.39 is 6.04 Å². The number of carbonyl (C=O) groups excluding carboxylic acids is 1. The van der Waals surface area contributed by atoms with Crippen LogP contribution in [0.5, 0.6) is 0 Å². The van der Waals surface area contributed by atoms with E-state index >= 15 is 0 Å². The molecule has 3 rings (SSSR count). The highest BCUT2D eigenvalue weighted by atomic mass is 16.5. The van der Waals surface area contributed by atoms with Crippen LogP contribution >= 0.6 is 0 Å². The molecule has 1 fully saturated rings. The van der Waals surface area contributed by atoms with Crippen molar-refractivity contribution < 1.29 is 14.3 Å². The molecular formula is C22H31N3O4. The molecule has 1 unspecified atom stereocenters. The topological polar surface area (TPSA) is 74.5 Å². The third-order valence-electron chi connectivity index (χ3n) is 5.26. The molecular weight excluding hydrogens is 370 g/mol. The van der Waals surface area contributed by atoms with Gasteiger partial charge in [0.05, 0.1) is 24.2 Å². The fourth-order valence-corrected chi connectivity index (χ4v) is 3.72. The van der Waals surface area contributed by atoms with Crippen molar-refractivity contribution in [3.8, 4) is 0 Å². The monoisotopic (exact) mass is 401 g/mol. The molecule has 0 spiro atoms. The number of carbonyl (C=O) groups is 1. The minimum Gasteiger partial charge on any atom is -0.379 e. The van der Waals surface area contributed by atoms with Crippen LogP contribution in [0.2, 0.25) is 0 Å². The Kier molecular flexibility index (Phi) is 7.28. The fourth-order valence-electron chi connectivity index (χ4n) is 3.72. The number of benzene rings is 1. The number of nitrogens with one attached hydrogen (secondary N) is 1. The second-order valence-corrected chi connectivity index (χ2v) is 7.51. The van der Waals surface area contributed by atoms with Gasteiger partial charge in [-0.25, -0.2) is 4.79 Å². The highest BCUT2D eigenvalue weighted by Crippen LogP contribution is 2.25. The second kappa shape index (κ2) is 9.89. The SMILES string of the molecule is C=C1CCC(n2c(=O)n(C)c3cc(CCCOCCOCCC)ccc32)C(=O)N1. The maximum Gasteiger partial charge on any atom is 0.329 e. The van der Waals surface area contributed by atoms with E-state index in [-0.39, 0.29) is 11.6 Å². The predicted molar refractivity (Wildman–Crippen MR) is 113 cm³/mol. The molecule has 2 aromatic rings. The summed E-state index contributed by atoms with van der Waals surface area (Å²) in [6, 6.07) is 5.52. The summed E-state index contributed by atoms with van der Waals surface area (Å²) in [5, 5.41) is 2.77. The van der Waals surface area contributed by atoms with Crippen LogP contribution in [0.4, 0.5) is 0 Å². The first-order chi connectivity index (χ1) is 14.0. The van der Waals surface area contributed by atoms with Crippen LogP contribution in [0.15, 0.2) is 35.3 Å². The Hall–Kier alpha value is -2.38. The number of allylic oxidation sites excluding steroid dienone is 1. The van der Waals surface area contributed by atoms with Gasteiger partial charge in [0.2, 0.25) is 5.91 Å². The molecule has 29 heavy (non-hydrogen) atoms. The number of ether oxygens (including phenoxy) is 2. The Morgan fingerprint density at radius 3 is 2.62 bits per heavy atom. The lowest BCUT2D eigenvalue weighted by atomic mass is 10.0. The van der Waals surface area contributed by atoms with Crippen molar-refractivity contribution >= 4 is 16.9 Å². The number of rotatable bonds is 10. The van der Waals surface area contributed by atoms with Crippen molar-refractivity contribution in [3.63, 3.8) is 0 Å². The zero-order chi connectivity index (χ0) is 20.8. The van der Waals surface area contributed by atoms with E-state index in [9.17, 15) is 9.59 Å². The molecule has 7 heteroatoms. The molecule has 0 saturated carbocycles. The Labute approximate surface area is 171 Å². The number of piperidine rings is 1. The highest BCUT2D eigenvalue weighted by Gasteiger charge is 2.29. The molecule has 1 N–H and O–H groups in total. The van der Waals surface area contributed by atoms with E-state index in [0.29, 0.717) is 38.4 Å². The quantitative estimate of drug-likeness (QED) is 0.621. The molecule has 1 aromatic heterocycles. The largest absolute Gasteiger partial charge is 0.379 e. The van der Waals surface area contributed by atoms with Crippen molar-refractivity contribution in [1.29, 1.82) is 0 Å². The van der Waals surface area contributed by atoms with E-state index in [1.165, 1.54) is 0 Å². The molecule has 2 heterocycles. The van der Waals surface area contributed by atoms with Crippen molar-refractivity contribution in [2.75, 3.05) is 26.4 Å². The van der Waals surface area contributed by atoms with Crippen LogP contribution in [-0.4, -0.2) is 41.5 Å². The maximum absolute atomic E-state index is 12.8. The van der Waals surface area contributed by atoms with Crippen molar-refractivity contribution in [2.45, 2.75) is 45.1 Å². The molecule has 1 saturated heterocycles. The Morgan fingerprint density at radius 2 is 1.90 bits per heavy atom.